The predicted octanol–water partition coefficient (Wildman–Crippen LogP) is 3.76. The lowest BCUT2D eigenvalue weighted by Gasteiger charge is -2.16. The number of fused-ring (bicyclic) bond motifs is 3. The molecular weight excluding hydrogens is 518 g/mol. The number of aliphatic carboxylic acids is 1. The Hall–Kier alpha value is -2.17. The van der Waals surface area contributed by atoms with Crippen LogP contribution in [0.4, 0.5) is 0 Å². The van der Waals surface area contributed by atoms with Gasteiger partial charge in [0.1, 0.15) is 0 Å². The largest absolute Gasteiger partial charge is 0.481 e. The zero-order valence-electron chi connectivity index (χ0n) is 17.5. The minimum atomic E-state index is -3.43. The fourth-order valence-corrected chi connectivity index (χ4v) is 6.62. The number of aromatic nitrogens is 1. The maximum atomic E-state index is 12.2. The lowest BCUT2D eigenvalue weighted by atomic mass is 10.0. The number of benzene rings is 2. The number of carboxylic acids is 1. The van der Waals surface area contributed by atoms with Gasteiger partial charge in [-0.05, 0) is 64.2 Å². The number of carbonyl (C=O) groups is 1. The number of aryl methyl sites for hydroxylation is 1. The number of carboxylic acid groups (broad SMARTS) is 1. The summed E-state index contributed by atoms with van der Waals surface area (Å²) < 4.78 is 50.6. The second-order valence-electron chi connectivity index (χ2n) is 8.27. The summed E-state index contributed by atoms with van der Waals surface area (Å²) in [4.78, 5) is 11.9. The van der Waals surface area contributed by atoms with Crippen LogP contribution in [0.1, 0.15) is 35.6 Å². The quantitative estimate of drug-likeness (QED) is 0.510. The minimum absolute atomic E-state index is 0.00705. The second-order valence-corrected chi connectivity index (χ2v) is 13.2. The van der Waals surface area contributed by atoms with Crippen LogP contribution in [0.15, 0.2) is 50.7 Å². The monoisotopic (exact) mass is 539 g/mol. The molecule has 1 heterocycles. The smallest absolute Gasteiger partial charge is 0.304 e. The van der Waals surface area contributed by atoms with Crippen LogP contribution in [0.2, 0.25) is 0 Å². The third-order valence-electron chi connectivity index (χ3n) is 5.90. The Bertz CT molecular complexity index is 1450. The molecule has 1 N–H and O–H groups in total. The maximum Gasteiger partial charge on any atom is 0.304 e. The summed E-state index contributed by atoms with van der Waals surface area (Å²) in [6, 6.07) is 9.84. The van der Waals surface area contributed by atoms with Crippen LogP contribution in [0, 0.1) is 0 Å². The molecule has 0 saturated heterocycles. The zero-order valence-corrected chi connectivity index (χ0v) is 20.7. The van der Waals surface area contributed by atoms with E-state index in [-0.39, 0.29) is 22.1 Å². The van der Waals surface area contributed by atoms with Gasteiger partial charge in [0, 0.05) is 40.5 Å². The molecule has 1 aromatic heterocycles. The van der Waals surface area contributed by atoms with Gasteiger partial charge in [-0.1, -0.05) is 12.1 Å². The first-order valence-corrected chi connectivity index (χ1v) is 14.5. The number of halogens is 1. The topological polar surface area (TPSA) is 111 Å². The average molecular weight is 540 g/mol. The first kappa shape index (κ1) is 23.0. The summed E-state index contributed by atoms with van der Waals surface area (Å²) in [5.74, 6) is -1.06. The molecule has 7 nitrogen and oxygen atoms in total. The lowest BCUT2D eigenvalue weighted by molar-refractivity contribution is -0.137. The van der Waals surface area contributed by atoms with Crippen LogP contribution < -0.4 is 0 Å². The molecule has 0 fully saturated rings. The highest BCUT2D eigenvalue weighted by Crippen LogP contribution is 2.44. The summed E-state index contributed by atoms with van der Waals surface area (Å²) in [5.41, 5.74) is 3.55. The first-order valence-electron chi connectivity index (χ1n) is 9.91. The molecule has 0 amide bonds. The highest BCUT2D eigenvalue weighted by atomic mass is 79.9. The maximum absolute atomic E-state index is 12.2. The summed E-state index contributed by atoms with van der Waals surface area (Å²) in [7, 11) is -6.74. The Morgan fingerprint density at radius 2 is 1.69 bits per heavy atom. The summed E-state index contributed by atoms with van der Waals surface area (Å²) >= 11 is 3.53. The molecule has 10 heteroatoms. The highest BCUT2D eigenvalue weighted by molar-refractivity contribution is 9.10. The third kappa shape index (κ3) is 4.23. The number of hydrogen-bond acceptors (Lipinski definition) is 5. The molecule has 2 aromatic carbocycles. The van der Waals surface area contributed by atoms with E-state index in [4.69, 9.17) is 0 Å². The molecule has 0 aliphatic heterocycles. The van der Waals surface area contributed by atoms with Gasteiger partial charge < -0.3 is 9.67 Å². The van der Waals surface area contributed by atoms with E-state index in [1.807, 2.05) is 4.57 Å². The van der Waals surface area contributed by atoms with Crippen LogP contribution in [-0.2, 0) is 37.4 Å². The number of rotatable bonds is 6. The van der Waals surface area contributed by atoms with Crippen LogP contribution in [0.25, 0.3) is 10.9 Å². The standard InChI is InChI=1S/C22H22BrNO6S2/c1-31(27,28)15-6-3-13(4-7-15)12-24-21-14(9-20(25)26)5-8-17(21)18-10-16(32(2,29)30)11-19(23)22(18)24/h3-4,6-7,10-11,14H,5,8-9,12H2,1-2H3,(H,25,26). The Morgan fingerprint density at radius 3 is 2.25 bits per heavy atom. The molecular formula is C22H22BrNO6S2. The van der Waals surface area contributed by atoms with Crippen molar-refractivity contribution in [3.63, 3.8) is 0 Å². The van der Waals surface area contributed by atoms with Crippen LogP contribution in [0.5, 0.6) is 0 Å². The van der Waals surface area contributed by atoms with E-state index in [0.717, 1.165) is 40.2 Å². The van der Waals surface area contributed by atoms with Crippen molar-refractivity contribution in [2.45, 2.75) is 41.5 Å². The molecule has 170 valence electrons. The first-order chi connectivity index (χ1) is 14.9. The van der Waals surface area contributed by atoms with Crippen molar-refractivity contribution in [1.29, 1.82) is 0 Å². The van der Waals surface area contributed by atoms with Crippen molar-refractivity contribution < 1.29 is 26.7 Å². The lowest BCUT2D eigenvalue weighted by Crippen LogP contribution is -2.11. The van der Waals surface area contributed by atoms with E-state index < -0.39 is 25.6 Å². The van der Waals surface area contributed by atoms with E-state index in [9.17, 15) is 26.7 Å². The molecule has 32 heavy (non-hydrogen) atoms. The number of nitrogens with zero attached hydrogens (tertiary/aromatic N) is 1. The van der Waals surface area contributed by atoms with Crippen LogP contribution >= 0.6 is 15.9 Å². The van der Waals surface area contributed by atoms with E-state index >= 15 is 0 Å². The average Bonchev–Trinajstić information content (AvgIpc) is 3.20. The fourth-order valence-electron chi connectivity index (χ4n) is 4.50. The molecule has 1 atom stereocenters. The van der Waals surface area contributed by atoms with Gasteiger partial charge in [-0.3, -0.25) is 4.79 Å². The molecule has 4 rings (SSSR count). The van der Waals surface area contributed by atoms with Crippen molar-refractivity contribution in [2.24, 2.45) is 0 Å². The Morgan fingerprint density at radius 1 is 1.06 bits per heavy atom. The van der Waals surface area contributed by atoms with E-state index in [0.29, 0.717) is 23.9 Å². The molecule has 3 aromatic rings. The SMILES string of the molecule is CS(=O)(=O)c1ccc(Cn2c3c(c4cc(S(C)(=O)=O)cc(Br)c42)CCC3CC(=O)O)cc1. The predicted molar refractivity (Wildman–Crippen MR) is 125 cm³/mol. The number of sulfone groups is 2. The van der Waals surface area contributed by atoms with Gasteiger partial charge in [0.05, 0.1) is 21.7 Å². The van der Waals surface area contributed by atoms with Gasteiger partial charge in [-0.25, -0.2) is 16.8 Å². The van der Waals surface area contributed by atoms with Crippen molar-refractivity contribution in [1.82, 2.24) is 4.57 Å². The van der Waals surface area contributed by atoms with Gasteiger partial charge in [-0.2, -0.15) is 0 Å². The zero-order chi connectivity index (χ0) is 23.4. The molecule has 0 radical (unpaired) electrons. The summed E-state index contributed by atoms with van der Waals surface area (Å²) in [5, 5.41) is 10.2. The Balaban J connectivity index is 1.91. The van der Waals surface area contributed by atoms with Gasteiger partial charge in [0.2, 0.25) is 0 Å². The molecule has 0 saturated carbocycles. The highest BCUT2D eigenvalue weighted by Gasteiger charge is 2.32. The normalized spacial score (nSPS) is 16.4. The fraction of sp³-hybridized carbons (Fsp3) is 0.318. The van der Waals surface area contributed by atoms with Crippen molar-refractivity contribution >= 4 is 52.5 Å². The van der Waals surface area contributed by atoms with Crippen LogP contribution in [-0.4, -0.2) is 45.0 Å². The Kier molecular flexibility index (Phi) is 5.75. The Labute approximate surface area is 195 Å². The van der Waals surface area contributed by atoms with Crippen LogP contribution in [0.3, 0.4) is 0 Å². The van der Waals surface area contributed by atoms with Gasteiger partial charge in [0.25, 0.3) is 0 Å². The molecule has 1 unspecified atom stereocenters. The van der Waals surface area contributed by atoms with E-state index in [2.05, 4.69) is 15.9 Å². The molecule has 0 spiro atoms. The second kappa shape index (κ2) is 8.00. The molecule has 1 aliphatic rings. The van der Waals surface area contributed by atoms with E-state index in [1.54, 1.807) is 36.4 Å². The van der Waals surface area contributed by atoms with Crippen molar-refractivity contribution in [2.75, 3.05) is 12.5 Å². The number of hydrogen-bond donors (Lipinski definition) is 1. The van der Waals surface area contributed by atoms with Crippen molar-refractivity contribution in [3.8, 4) is 0 Å². The van der Waals surface area contributed by atoms with Crippen molar-refractivity contribution in [3.05, 3.63) is 57.7 Å². The van der Waals surface area contributed by atoms with Gasteiger partial charge in [-0.15, -0.1) is 0 Å². The van der Waals surface area contributed by atoms with Gasteiger partial charge >= 0.3 is 5.97 Å². The van der Waals surface area contributed by atoms with E-state index in [1.165, 1.54) is 0 Å². The third-order valence-corrected chi connectivity index (χ3v) is 8.73. The summed E-state index contributed by atoms with van der Waals surface area (Å²) in [6.07, 6.45) is 3.66. The summed E-state index contributed by atoms with van der Waals surface area (Å²) in [6.45, 7) is 0.406. The molecule has 1 aliphatic carbocycles. The minimum Gasteiger partial charge on any atom is -0.481 e. The molecule has 0 bridgehead atoms. The van der Waals surface area contributed by atoms with Gasteiger partial charge in [0.15, 0.2) is 19.7 Å².